The molecule has 0 aromatic carbocycles. The first-order valence-electron chi connectivity index (χ1n) is 2.35. The lowest BCUT2D eigenvalue weighted by Gasteiger charge is -1.94. The summed E-state index contributed by atoms with van der Waals surface area (Å²) in [5.41, 5.74) is 0. The Morgan fingerprint density at radius 3 is 2.09 bits per heavy atom. The third kappa shape index (κ3) is 6.00. The van der Waals surface area contributed by atoms with Crippen molar-refractivity contribution in [2.45, 2.75) is 4.96 Å². The van der Waals surface area contributed by atoms with E-state index in [0.29, 0.717) is 0 Å². The lowest BCUT2D eigenvalue weighted by Crippen LogP contribution is -2.01. The van der Waals surface area contributed by atoms with Crippen LogP contribution >= 0.6 is 58.0 Å². The van der Waals surface area contributed by atoms with Gasteiger partial charge in [0.15, 0.2) is 15.3 Å². The summed E-state index contributed by atoms with van der Waals surface area (Å²) in [7, 11) is 0. The normalized spacial score (nSPS) is 14.4. The van der Waals surface area contributed by atoms with Crippen LogP contribution in [0.15, 0.2) is 9.98 Å². The number of rotatable bonds is 3. The van der Waals surface area contributed by atoms with Crippen molar-refractivity contribution >= 4 is 68.3 Å². The van der Waals surface area contributed by atoms with E-state index in [1.165, 1.54) is 0 Å². The summed E-state index contributed by atoms with van der Waals surface area (Å²) in [6.07, 6.45) is 0. The highest BCUT2D eigenvalue weighted by atomic mass is 35.5. The molecule has 0 N–H and O–H groups in total. The maximum absolute atomic E-state index is 5.46. The van der Waals surface area contributed by atoms with Gasteiger partial charge in [0.05, 0.1) is 0 Å². The maximum atomic E-state index is 5.46. The zero-order chi connectivity index (χ0) is 8.85. The van der Waals surface area contributed by atoms with Crippen LogP contribution in [0, 0.1) is 0 Å². The van der Waals surface area contributed by atoms with Crippen LogP contribution in [0.4, 0.5) is 0 Å². The molecule has 7 heteroatoms. The molecular weight excluding hydrogens is 253 g/mol. The van der Waals surface area contributed by atoms with Gasteiger partial charge < -0.3 is 0 Å². The Morgan fingerprint density at radius 1 is 1.18 bits per heavy atom. The van der Waals surface area contributed by atoms with Crippen molar-refractivity contribution in [3.8, 4) is 0 Å². The van der Waals surface area contributed by atoms with E-state index in [1.807, 2.05) is 0 Å². The monoisotopic (exact) mass is 254 g/mol. The minimum absolute atomic E-state index is 0.00651. The second kappa shape index (κ2) is 6.32. The Balaban J connectivity index is 4.23. The number of nitrogens with zero attached hydrogens (tertiary/aromatic N) is 2. The smallest absolute Gasteiger partial charge is 0.198 e. The zero-order valence-corrected chi connectivity index (χ0v) is 8.85. The molecule has 0 aliphatic carbocycles. The van der Waals surface area contributed by atoms with E-state index in [-0.39, 0.29) is 16.3 Å². The van der Waals surface area contributed by atoms with Gasteiger partial charge in [-0.05, 0) is 0 Å². The number of hydrogen-bond donors (Lipinski definition) is 0. The molecule has 0 unspecified atom stereocenters. The fraction of sp³-hybridized carbons (Fsp3) is 0.500. The first kappa shape index (κ1) is 11.8. The molecule has 0 amide bonds. The van der Waals surface area contributed by atoms with Crippen molar-refractivity contribution in [2.75, 3.05) is 6.00 Å². The molecule has 0 saturated heterocycles. The first-order chi connectivity index (χ1) is 5.07. The Morgan fingerprint density at radius 2 is 1.73 bits per heavy atom. The average Bonchev–Trinajstić information content (AvgIpc) is 1.86. The minimum Gasteiger partial charge on any atom is -0.254 e. The molecule has 0 rings (SSSR count). The van der Waals surface area contributed by atoms with Gasteiger partial charge >= 0.3 is 0 Å². The highest BCUT2D eigenvalue weighted by Gasteiger charge is 2.03. The summed E-state index contributed by atoms with van der Waals surface area (Å²) in [5.74, 6) is 0. The summed E-state index contributed by atoms with van der Waals surface area (Å²) in [5, 5.41) is -0.0599. The molecule has 0 aromatic rings. The largest absolute Gasteiger partial charge is 0.254 e. The second-order valence-corrected chi connectivity index (χ2v) is 3.27. The summed E-state index contributed by atoms with van der Waals surface area (Å²) in [6.45, 7) is 0. The van der Waals surface area contributed by atoms with E-state index in [9.17, 15) is 0 Å². The Labute approximate surface area is 89.1 Å². The van der Waals surface area contributed by atoms with Crippen LogP contribution in [0.1, 0.15) is 0 Å². The highest BCUT2D eigenvalue weighted by molar-refractivity contribution is 7.00. The Kier molecular flexibility index (Phi) is 6.78. The quantitative estimate of drug-likeness (QED) is 0.421. The molecular formula is C4H3Cl5N2. The van der Waals surface area contributed by atoms with Gasteiger partial charge in [0.25, 0.3) is 0 Å². The predicted molar refractivity (Wildman–Crippen MR) is 52.8 cm³/mol. The van der Waals surface area contributed by atoms with Crippen molar-refractivity contribution in [1.82, 2.24) is 0 Å². The lowest BCUT2D eigenvalue weighted by atomic mass is 10.8. The van der Waals surface area contributed by atoms with E-state index in [2.05, 4.69) is 9.98 Å². The van der Waals surface area contributed by atoms with Gasteiger partial charge in [-0.15, -0.1) is 11.6 Å². The van der Waals surface area contributed by atoms with Crippen molar-refractivity contribution in [3.63, 3.8) is 0 Å². The van der Waals surface area contributed by atoms with E-state index in [1.54, 1.807) is 0 Å². The number of hydrogen-bond acceptors (Lipinski definition) is 2. The van der Waals surface area contributed by atoms with E-state index in [0.717, 1.165) is 0 Å². The molecule has 0 atom stereocenters. The van der Waals surface area contributed by atoms with Crippen LogP contribution in [0.5, 0.6) is 0 Å². The minimum atomic E-state index is -0.943. The predicted octanol–water partition coefficient (Wildman–Crippen LogP) is 3.22. The van der Waals surface area contributed by atoms with Crippen LogP contribution in [-0.4, -0.2) is 21.3 Å². The van der Waals surface area contributed by atoms with Crippen LogP contribution in [0.25, 0.3) is 0 Å². The fourth-order valence-electron chi connectivity index (χ4n) is 0.257. The van der Waals surface area contributed by atoms with E-state index >= 15 is 0 Å². The van der Waals surface area contributed by atoms with Gasteiger partial charge in [-0.2, -0.15) is 0 Å². The van der Waals surface area contributed by atoms with Crippen molar-refractivity contribution in [3.05, 3.63) is 0 Å². The highest BCUT2D eigenvalue weighted by Crippen LogP contribution is 2.07. The molecule has 0 radical (unpaired) electrons. The standard InChI is InChI=1S/C4H3Cl5N2/c5-1-10-2(6)3(7)11-4(8)9/h4H,1H2. The van der Waals surface area contributed by atoms with Gasteiger partial charge in [0.1, 0.15) is 6.00 Å². The zero-order valence-electron chi connectivity index (χ0n) is 5.07. The SMILES string of the molecule is ClCN=C(Cl)C(Cl)=NC(Cl)Cl. The summed E-state index contributed by atoms with van der Waals surface area (Å²) < 4.78 is 0. The lowest BCUT2D eigenvalue weighted by molar-refractivity contribution is 1.28. The number of halogens is 5. The van der Waals surface area contributed by atoms with Gasteiger partial charge in [0.2, 0.25) is 0 Å². The number of alkyl halides is 3. The molecule has 11 heavy (non-hydrogen) atoms. The van der Waals surface area contributed by atoms with Crippen molar-refractivity contribution in [2.24, 2.45) is 9.98 Å². The van der Waals surface area contributed by atoms with Crippen LogP contribution < -0.4 is 0 Å². The molecule has 0 saturated carbocycles. The molecule has 2 nitrogen and oxygen atoms in total. The van der Waals surface area contributed by atoms with Gasteiger partial charge in [-0.25, -0.2) is 4.99 Å². The third-order valence-electron chi connectivity index (χ3n) is 0.580. The van der Waals surface area contributed by atoms with Crippen LogP contribution in [-0.2, 0) is 0 Å². The Bertz CT molecular complexity index is 175. The molecule has 0 bridgehead atoms. The van der Waals surface area contributed by atoms with Crippen LogP contribution in [0.2, 0.25) is 0 Å². The summed E-state index contributed by atoms with van der Waals surface area (Å²) in [6, 6.07) is 0.0137. The first-order valence-corrected chi connectivity index (χ1v) is 4.52. The maximum Gasteiger partial charge on any atom is 0.198 e. The molecule has 0 spiro atoms. The van der Waals surface area contributed by atoms with Crippen molar-refractivity contribution < 1.29 is 0 Å². The molecule has 0 aromatic heterocycles. The molecule has 0 aliphatic heterocycles. The third-order valence-corrected chi connectivity index (χ3v) is 1.57. The second-order valence-electron chi connectivity index (χ2n) is 1.27. The summed E-state index contributed by atoms with van der Waals surface area (Å²) >= 11 is 26.7. The summed E-state index contributed by atoms with van der Waals surface area (Å²) in [4.78, 5) is 6.09. The van der Waals surface area contributed by atoms with Gasteiger partial charge in [-0.3, -0.25) is 4.99 Å². The fourth-order valence-corrected chi connectivity index (χ4v) is 0.998. The molecule has 0 aliphatic rings. The molecule has 0 fully saturated rings. The van der Waals surface area contributed by atoms with Crippen molar-refractivity contribution in [1.29, 1.82) is 0 Å². The Hall–Kier alpha value is 0.790. The number of aliphatic imine (C=N–C) groups is 2. The molecule has 64 valence electrons. The van der Waals surface area contributed by atoms with E-state index in [4.69, 9.17) is 58.0 Å². The van der Waals surface area contributed by atoms with E-state index < -0.39 is 4.96 Å². The average molecular weight is 256 g/mol. The van der Waals surface area contributed by atoms with Crippen LogP contribution in [0.3, 0.4) is 0 Å². The topological polar surface area (TPSA) is 24.7 Å². The van der Waals surface area contributed by atoms with Gasteiger partial charge in [-0.1, -0.05) is 46.4 Å². The molecule has 0 heterocycles. The van der Waals surface area contributed by atoms with Gasteiger partial charge in [0, 0.05) is 0 Å².